The van der Waals surface area contributed by atoms with Crippen molar-refractivity contribution in [3.8, 4) is 0 Å². The fourth-order valence-electron chi connectivity index (χ4n) is 2.24. The predicted octanol–water partition coefficient (Wildman–Crippen LogP) is 2.48. The summed E-state index contributed by atoms with van der Waals surface area (Å²) in [6, 6.07) is 13.2. The number of halogens is 6. The minimum atomic E-state index is -4.67. The molecule has 2 aromatic rings. The van der Waals surface area contributed by atoms with E-state index < -0.39 is 18.5 Å². The van der Waals surface area contributed by atoms with Crippen LogP contribution in [0.5, 0.6) is 0 Å². The maximum atomic E-state index is 12.5. The molecule has 1 atom stereocenters. The first-order valence-corrected chi connectivity index (χ1v) is 9.28. The topological polar surface area (TPSA) is 73.8 Å². The van der Waals surface area contributed by atoms with Crippen molar-refractivity contribution in [2.45, 2.75) is 32.3 Å². The van der Waals surface area contributed by atoms with Gasteiger partial charge in [0.1, 0.15) is 0 Å². The van der Waals surface area contributed by atoms with Crippen molar-refractivity contribution in [3.05, 3.63) is 59.7 Å². The maximum absolute atomic E-state index is 12.5. The standard InChI is InChI=1S/C11H14F3NO.C10H13NO.CHF3.K.H2O/c1-10(16,11(12,13)14)8-4-6-9(7-5-8)15(2)3;1-8(12)9-4-6-10(7-5-9)11(2)3;2-1(3)4;;/h4-7,16H,1-3H3;4-7H,1-3H3;1H;;1H2/q;;;+1;/p-1. The van der Waals surface area contributed by atoms with E-state index in [2.05, 4.69) is 0 Å². The molecule has 5 nitrogen and oxygen atoms in total. The van der Waals surface area contributed by atoms with E-state index in [9.17, 15) is 36.2 Å². The molecule has 2 aromatic carbocycles. The molecule has 188 valence electrons. The Hall–Kier alpha value is -1.15. The molecule has 12 heteroatoms. The first-order chi connectivity index (χ1) is 14.5. The van der Waals surface area contributed by atoms with E-state index in [0.717, 1.165) is 23.9 Å². The molecule has 0 aliphatic carbocycles. The largest absolute Gasteiger partial charge is 1.00 e. The van der Waals surface area contributed by atoms with E-state index in [4.69, 9.17) is 0 Å². The minimum absolute atomic E-state index is 0. The maximum Gasteiger partial charge on any atom is 1.00 e. The third-order valence-electron chi connectivity index (χ3n) is 4.29. The number of alkyl halides is 6. The molecular formula is C22H29F6KN2O3. The molecule has 34 heavy (non-hydrogen) atoms. The van der Waals surface area contributed by atoms with Gasteiger partial charge in [-0.25, -0.2) is 0 Å². The van der Waals surface area contributed by atoms with Crippen LogP contribution in [-0.2, 0) is 5.60 Å². The van der Waals surface area contributed by atoms with Gasteiger partial charge in [0.15, 0.2) is 11.4 Å². The van der Waals surface area contributed by atoms with Crippen LogP contribution in [0.4, 0.5) is 37.7 Å². The van der Waals surface area contributed by atoms with Crippen LogP contribution in [-0.4, -0.2) is 57.4 Å². The number of hydrogen-bond donors (Lipinski definition) is 1. The van der Waals surface area contributed by atoms with Crippen LogP contribution in [0.2, 0.25) is 0 Å². The Labute approximate surface area is 238 Å². The van der Waals surface area contributed by atoms with Crippen molar-refractivity contribution in [1.29, 1.82) is 0 Å². The number of carbonyl (C=O) groups is 1. The van der Waals surface area contributed by atoms with Gasteiger partial charge in [0.05, 0.1) is 0 Å². The summed E-state index contributed by atoms with van der Waals surface area (Å²) < 4.78 is 66.6. The predicted molar refractivity (Wildman–Crippen MR) is 116 cm³/mol. The van der Waals surface area contributed by atoms with Gasteiger partial charge in [0.2, 0.25) is 0 Å². The van der Waals surface area contributed by atoms with Crippen LogP contribution in [0.25, 0.3) is 0 Å². The summed E-state index contributed by atoms with van der Waals surface area (Å²) >= 11 is 0. The summed E-state index contributed by atoms with van der Waals surface area (Å²) in [5, 5.41) is 9.41. The Morgan fingerprint density at radius 1 is 0.824 bits per heavy atom. The van der Waals surface area contributed by atoms with Gasteiger partial charge in [0.25, 0.3) is 0 Å². The molecule has 0 bridgehead atoms. The average molecular weight is 523 g/mol. The molecular weight excluding hydrogens is 493 g/mol. The molecule has 2 N–H and O–H groups in total. The fraction of sp³-hybridized carbons (Fsp3) is 0.409. The van der Waals surface area contributed by atoms with E-state index in [1.54, 1.807) is 25.9 Å². The molecule has 0 aliphatic rings. The van der Waals surface area contributed by atoms with Gasteiger partial charge in [-0.2, -0.15) is 26.3 Å². The Balaban J connectivity index is -0.000000476. The van der Waals surface area contributed by atoms with Crippen LogP contribution in [0.1, 0.15) is 29.8 Å². The third kappa shape index (κ3) is 13.1. The number of hydrogen-bond acceptors (Lipinski definition) is 5. The molecule has 0 aromatic heterocycles. The second-order valence-electron chi connectivity index (χ2n) is 7.26. The summed E-state index contributed by atoms with van der Waals surface area (Å²) in [5.41, 5.74) is -0.314. The van der Waals surface area contributed by atoms with Crippen molar-refractivity contribution < 1.29 is 93.1 Å². The van der Waals surface area contributed by atoms with E-state index in [-0.39, 0.29) is 68.2 Å². The van der Waals surface area contributed by atoms with E-state index in [1.165, 1.54) is 24.3 Å². The number of rotatable bonds is 4. The van der Waals surface area contributed by atoms with Gasteiger partial charge in [0, 0.05) is 45.1 Å². The van der Waals surface area contributed by atoms with E-state index in [0.29, 0.717) is 0 Å². The van der Waals surface area contributed by atoms with Gasteiger partial charge in [-0.15, -0.1) is 0 Å². The molecule has 2 rings (SSSR count). The van der Waals surface area contributed by atoms with Crippen molar-refractivity contribution in [2.24, 2.45) is 0 Å². The zero-order chi connectivity index (χ0) is 25.3. The second-order valence-corrected chi connectivity index (χ2v) is 7.26. The molecule has 0 spiro atoms. The Kier molecular flexibility index (Phi) is 18.2. The third-order valence-corrected chi connectivity index (χ3v) is 4.29. The van der Waals surface area contributed by atoms with Crippen LogP contribution in [0, 0.1) is 0 Å². The molecule has 0 amide bonds. The van der Waals surface area contributed by atoms with Crippen molar-refractivity contribution >= 4 is 17.2 Å². The monoisotopic (exact) mass is 522 g/mol. The van der Waals surface area contributed by atoms with E-state index in [1.807, 2.05) is 43.3 Å². The van der Waals surface area contributed by atoms with Gasteiger partial charge < -0.3 is 20.4 Å². The molecule has 0 saturated carbocycles. The number of anilines is 2. The smallest absolute Gasteiger partial charge is 0.870 e. The number of aliphatic hydroxyl groups is 1. The summed E-state index contributed by atoms with van der Waals surface area (Å²) in [5.74, 6) is 0.111. The second kappa shape index (κ2) is 16.5. The zero-order valence-corrected chi connectivity index (χ0v) is 23.3. The Morgan fingerprint density at radius 3 is 1.35 bits per heavy atom. The molecule has 0 aliphatic heterocycles. The molecule has 0 saturated heterocycles. The van der Waals surface area contributed by atoms with Crippen molar-refractivity contribution in [3.63, 3.8) is 0 Å². The Morgan fingerprint density at radius 2 is 1.12 bits per heavy atom. The van der Waals surface area contributed by atoms with Crippen LogP contribution in [0.3, 0.4) is 0 Å². The average Bonchev–Trinajstić information content (AvgIpc) is 2.67. The van der Waals surface area contributed by atoms with Crippen LogP contribution in [0.15, 0.2) is 48.5 Å². The zero-order valence-electron chi connectivity index (χ0n) is 20.2. The number of carbonyl (C=O) groups excluding carboxylic acids is 1. The molecule has 1 unspecified atom stereocenters. The van der Waals surface area contributed by atoms with Crippen molar-refractivity contribution in [1.82, 2.24) is 0 Å². The summed E-state index contributed by atoms with van der Waals surface area (Å²) in [6.07, 6.45) is -4.67. The number of ketones is 1. The Bertz CT molecular complexity index is 825. The first kappa shape index (κ1) is 37.4. The van der Waals surface area contributed by atoms with Gasteiger partial charge in [-0.1, -0.05) is 12.1 Å². The first-order valence-electron chi connectivity index (χ1n) is 9.28. The summed E-state index contributed by atoms with van der Waals surface area (Å²) in [6.45, 7) is -1.34. The van der Waals surface area contributed by atoms with Gasteiger partial charge in [-0.3, -0.25) is 4.79 Å². The molecule has 0 heterocycles. The van der Waals surface area contributed by atoms with Gasteiger partial charge in [-0.05, 0) is 55.8 Å². The summed E-state index contributed by atoms with van der Waals surface area (Å²) in [4.78, 5) is 14.7. The molecule has 0 fully saturated rings. The molecule has 0 radical (unpaired) electrons. The number of Topliss-reactive ketones (excluding diaryl/α,β-unsaturated/α-hetero) is 1. The van der Waals surface area contributed by atoms with Crippen LogP contribution < -0.4 is 61.2 Å². The van der Waals surface area contributed by atoms with Crippen LogP contribution >= 0.6 is 0 Å². The minimum Gasteiger partial charge on any atom is -0.870 e. The van der Waals surface area contributed by atoms with E-state index >= 15 is 0 Å². The number of nitrogens with zero attached hydrogens (tertiary/aromatic N) is 2. The normalized spacial score (nSPS) is 11.8. The summed E-state index contributed by atoms with van der Waals surface area (Å²) in [7, 11) is 7.53. The fourth-order valence-corrected chi connectivity index (χ4v) is 2.24. The quantitative estimate of drug-likeness (QED) is 0.380. The van der Waals surface area contributed by atoms with Crippen molar-refractivity contribution in [2.75, 3.05) is 38.0 Å². The SMILES string of the molecule is CC(=O)c1ccc(N(C)C)cc1.CN(C)c1ccc(C(C)(O)C(F)(F)F)cc1.FC(F)F.[K+].[OH-]. The number of benzene rings is 2. The van der Waals surface area contributed by atoms with Gasteiger partial charge >= 0.3 is 64.2 Å².